The number of allylic oxidation sites excluding steroid dienone is 3. The molecule has 31 heavy (non-hydrogen) atoms. The van der Waals surface area contributed by atoms with Gasteiger partial charge in [0.25, 0.3) is 5.69 Å². The van der Waals surface area contributed by atoms with E-state index in [1.165, 1.54) is 12.1 Å². The Hall–Kier alpha value is -4.12. The molecule has 2 aromatic carbocycles. The minimum absolute atomic E-state index is 0.0438. The van der Waals surface area contributed by atoms with Crippen LogP contribution < -0.4 is 15.4 Å². The van der Waals surface area contributed by atoms with Crippen LogP contribution in [0.1, 0.15) is 30.7 Å². The summed E-state index contributed by atoms with van der Waals surface area (Å²) in [5.74, 6) is 0.209. The summed E-state index contributed by atoms with van der Waals surface area (Å²) in [6.45, 7) is 0. The number of carbonyl (C=O) groups excluding carboxylic acids is 1. The lowest BCUT2D eigenvalue weighted by molar-refractivity contribution is -0.384. The van der Waals surface area contributed by atoms with E-state index in [-0.39, 0.29) is 22.9 Å². The van der Waals surface area contributed by atoms with Crippen LogP contribution in [0.5, 0.6) is 5.75 Å². The molecule has 4 rings (SSSR count). The highest BCUT2D eigenvalue weighted by molar-refractivity contribution is 6.01. The molecule has 0 aromatic heterocycles. The number of benzene rings is 2. The minimum Gasteiger partial charge on any atom is -0.497 e. The van der Waals surface area contributed by atoms with Gasteiger partial charge >= 0.3 is 0 Å². The average molecular weight is 416 g/mol. The van der Waals surface area contributed by atoms with E-state index in [0.717, 1.165) is 5.56 Å². The van der Waals surface area contributed by atoms with Crippen molar-refractivity contribution < 1.29 is 14.5 Å². The first kappa shape index (κ1) is 20.2. The summed E-state index contributed by atoms with van der Waals surface area (Å²) in [4.78, 5) is 25.5. The van der Waals surface area contributed by atoms with Crippen molar-refractivity contribution in [3.05, 3.63) is 86.9 Å². The average Bonchev–Trinajstić information content (AvgIpc) is 2.78. The molecule has 8 nitrogen and oxygen atoms in total. The number of methoxy groups -OCH3 is 1. The molecule has 0 fully saturated rings. The molecule has 0 saturated carbocycles. The second-order valence-corrected chi connectivity index (χ2v) is 7.37. The maximum atomic E-state index is 13.1. The molecule has 2 aliphatic rings. The number of anilines is 1. The number of nitrogens with zero attached hydrogens (tertiary/aromatic N) is 3. The largest absolute Gasteiger partial charge is 0.497 e. The molecule has 0 radical (unpaired) electrons. The van der Waals surface area contributed by atoms with Crippen molar-refractivity contribution in [1.82, 2.24) is 0 Å². The molecule has 2 N–H and O–H groups in total. The summed E-state index contributed by atoms with van der Waals surface area (Å²) < 4.78 is 5.22. The molecule has 0 amide bonds. The lowest BCUT2D eigenvalue weighted by Crippen LogP contribution is -2.38. The maximum absolute atomic E-state index is 13.1. The van der Waals surface area contributed by atoms with Crippen molar-refractivity contribution >= 4 is 17.2 Å². The summed E-state index contributed by atoms with van der Waals surface area (Å²) in [5, 5.41) is 21.3. The van der Waals surface area contributed by atoms with E-state index in [0.29, 0.717) is 42.0 Å². The summed E-state index contributed by atoms with van der Waals surface area (Å²) in [6, 6.07) is 15.4. The van der Waals surface area contributed by atoms with Crippen molar-refractivity contribution in [3.8, 4) is 11.8 Å². The third kappa shape index (κ3) is 3.40. The molecule has 1 aliphatic heterocycles. The lowest BCUT2D eigenvalue weighted by atomic mass is 9.75. The highest BCUT2D eigenvalue weighted by Crippen LogP contribution is 2.46. The molecule has 0 unspecified atom stereocenters. The van der Waals surface area contributed by atoms with Gasteiger partial charge in [0.1, 0.15) is 11.6 Å². The van der Waals surface area contributed by atoms with Gasteiger partial charge in [0.15, 0.2) is 5.78 Å². The number of non-ortho nitro benzene ring substituents is 1. The second kappa shape index (κ2) is 7.95. The predicted octanol–water partition coefficient (Wildman–Crippen LogP) is 3.91. The third-order valence-corrected chi connectivity index (χ3v) is 5.66. The van der Waals surface area contributed by atoms with E-state index in [9.17, 15) is 20.2 Å². The first-order valence-electron chi connectivity index (χ1n) is 9.80. The number of Topliss-reactive ketones (excluding diaryl/α,β-unsaturated/α-hetero) is 1. The highest BCUT2D eigenvalue weighted by Gasteiger charge is 2.40. The summed E-state index contributed by atoms with van der Waals surface area (Å²) in [6.07, 6.45) is 1.61. The van der Waals surface area contributed by atoms with Gasteiger partial charge in [-0.1, -0.05) is 18.2 Å². The minimum atomic E-state index is -0.589. The molecule has 1 heterocycles. The molecule has 2 aromatic rings. The van der Waals surface area contributed by atoms with Gasteiger partial charge in [0, 0.05) is 29.8 Å². The standard InChI is InChI=1S/C23H20N4O4/c1-31-17-10-8-14(9-11-17)21-18(13-24)23(25)26(19-6-3-7-20(28)22(19)21)15-4-2-5-16(12-15)27(29)30/h2,4-5,8-12,21H,3,6-7,25H2,1H3/t21-/m0/s1. The monoisotopic (exact) mass is 416 g/mol. The zero-order chi connectivity index (χ0) is 22.1. The normalized spacial score (nSPS) is 18.5. The van der Waals surface area contributed by atoms with Crippen LogP contribution in [0.2, 0.25) is 0 Å². The molecule has 0 bridgehead atoms. The van der Waals surface area contributed by atoms with Crippen LogP contribution in [0.15, 0.2) is 71.2 Å². The van der Waals surface area contributed by atoms with E-state index in [2.05, 4.69) is 6.07 Å². The van der Waals surface area contributed by atoms with Gasteiger partial charge < -0.3 is 10.5 Å². The maximum Gasteiger partial charge on any atom is 0.271 e. The zero-order valence-electron chi connectivity index (χ0n) is 16.9. The predicted molar refractivity (Wildman–Crippen MR) is 114 cm³/mol. The van der Waals surface area contributed by atoms with Crippen LogP contribution in [0.25, 0.3) is 0 Å². The fourth-order valence-corrected chi connectivity index (χ4v) is 4.26. The van der Waals surface area contributed by atoms with Crippen molar-refractivity contribution in [3.63, 3.8) is 0 Å². The summed E-state index contributed by atoms with van der Waals surface area (Å²) >= 11 is 0. The SMILES string of the molecule is COc1ccc([C@H]2C(C#N)=C(N)N(c3cccc([N+](=O)[O-])c3)C3=C2C(=O)CCC3)cc1. The summed E-state index contributed by atoms with van der Waals surface area (Å²) in [5.41, 5.74) is 9.05. The van der Waals surface area contributed by atoms with E-state index >= 15 is 0 Å². The Morgan fingerprint density at radius 1 is 1.23 bits per heavy atom. The fourth-order valence-electron chi connectivity index (χ4n) is 4.26. The van der Waals surface area contributed by atoms with Gasteiger partial charge in [-0.25, -0.2) is 0 Å². The topological polar surface area (TPSA) is 122 Å². The molecule has 156 valence electrons. The molecule has 0 saturated heterocycles. The Kier molecular flexibility index (Phi) is 5.17. The van der Waals surface area contributed by atoms with Crippen LogP contribution in [-0.2, 0) is 4.79 Å². The molecule has 1 aliphatic carbocycles. The Balaban J connectivity index is 1.93. The number of ether oxygens (including phenoxy) is 1. The van der Waals surface area contributed by atoms with E-state index < -0.39 is 10.8 Å². The van der Waals surface area contributed by atoms with Crippen LogP contribution in [-0.4, -0.2) is 17.8 Å². The zero-order valence-corrected chi connectivity index (χ0v) is 16.9. The lowest BCUT2D eigenvalue weighted by Gasteiger charge is -2.39. The number of carbonyl (C=O) groups is 1. The van der Waals surface area contributed by atoms with Crippen molar-refractivity contribution in [2.75, 3.05) is 12.0 Å². The Bertz CT molecular complexity index is 1170. The number of hydrogen-bond donors (Lipinski definition) is 1. The first-order valence-corrected chi connectivity index (χ1v) is 9.80. The second-order valence-electron chi connectivity index (χ2n) is 7.37. The molecular weight excluding hydrogens is 396 g/mol. The summed E-state index contributed by atoms with van der Waals surface area (Å²) in [7, 11) is 1.57. The van der Waals surface area contributed by atoms with Gasteiger partial charge in [-0.3, -0.25) is 19.8 Å². The first-order chi connectivity index (χ1) is 15.0. The Morgan fingerprint density at radius 2 is 1.97 bits per heavy atom. The van der Waals surface area contributed by atoms with Gasteiger partial charge in [-0.15, -0.1) is 0 Å². The van der Waals surface area contributed by atoms with Crippen LogP contribution in [0.3, 0.4) is 0 Å². The van der Waals surface area contributed by atoms with Gasteiger partial charge in [0.2, 0.25) is 0 Å². The van der Waals surface area contributed by atoms with Gasteiger partial charge in [-0.2, -0.15) is 5.26 Å². The molecule has 1 atom stereocenters. The Morgan fingerprint density at radius 3 is 2.61 bits per heavy atom. The van der Waals surface area contributed by atoms with Crippen LogP contribution in [0.4, 0.5) is 11.4 Å². The van der Waals surface area contributed by atoms with Crippen molar-refractivity contribution in [2.24, 2.45) is 5.73 Å². The number of ketones is 1. The van der Waals surface area contributed by atoms with Crippen LogP contribution >= 0.6 is 0 Å². The van der Waals surface area contributed by atoms with Gasteiger partial charge in [-0.05, 0) is 36.6 Å². The van der Waals surface area contributed by atoms with Crippen LogP contribution in [0, 0.1) is 21.4 Å². The van der Waals surface area contributed by atoms with Crippen molar-refractivity contribution in [1.29, 1.82) is 5.26 Å². The molecule has 8 heteroatoms. The number of rotatable bonds is 4. The number of hydrogen-bond acceptors (Lipinski definition) is 7. The molecule has 0 spiro atoms. The van der Waals surface area contributed by atoms with E-state index in [1.54, 1.807) is 36.3 Å². The Labute approximate surface area is 179 Å². The number of nitro benzene ring substituents is 1. The van der Waals surface area contributed by atoms with Crippen molar-refractivity contribution in [2.45, 2.75) is 25.2 Å². The smallest absolute Gasteiger partial charge is 0.271 e. The number of nitro groups is 1. The van der Waals surface area contributed by atoms with E-state index in [4.69, 9.17) is 10.5 Å². The fraction of sp³-hybridized carbons (Fsp3) is 0.217. The highest BCUT2D eigenvalue weighted by atomic mass is 16.6. The number of nitriles is 1. The quantitative estimate of drug-likeness (QED) is 0.592. The van der Waals surface area contributed by atoms with E-state index in [1.807, 2.05) is 12.1 Å². The molecular formula is C23H20N4O4. The third-order valence-electron chi connectivity index (χ3n) is 5.66. The van der Waals surface area contributed by atoms with Gasteiger partial charge in [0.05, 0.1) is 35.3 Å². The number of nitrogens with two attached hydrogens (primary N) is 1.